The van der Waals surface area contributed by atoms with Gasteiger partial charge in [-0.2, -0.15) is 8.42 Å². The summed E-state index contributed by atoms with van der Waals surface area (Å²) in [6.07, 6.45) is -0.586. The van der Waals surface area contributed by atoms with Crippen molar-refractivity contribution in [2.75, 3.05) is 12.9 Å². The maximum Gasteiger partial charge on any atom is 0.264 e. The van der Waals surface area contributed by atoms with Crippen LogP contribution in [-0.2, 0) is 28.3 Å². The molecule has 7 nitrogen and oxygen atoms in total. The normalized spacial score (nSPS) is 25.7. The minimum Gasteiger partial charge on any atom is -0.399 e. The third-order valence-electron chi connectivity index (χ3n) is 6.27. The Morgan fingerprint density at radius 1 is 1.09 bits per heavy atom. The van der Waals surface area contributed by atoms with Gasteiger partial charge in [-0.05, 0) is 22.3 Å². The van der Waals surface area contributed by atoms with Crippen LogP contribution in [0, 0.1) is 0 Å². The summed E-state index contributed by atoms with van der Waals surface area (Å²) in [4.78, 5) is 5.31. The number of hydrogen-bond donors (Lipinski definition) is 0. The molecule has 1 saturated heterocycles. The summed E-state index contributed by atoms with van der Waals surface area (Å²) in [5.74, 6) is 0. The van der Waals surface area contributed by atoms with E-state index in [1.165, 1.54) is 0 Å². The van der Waals surface area contributed by atoms with Crippen LogP contribution in [0.5, 0.6) is 0 Å². The average Bonchev–Trinajstić information content (AvgIpc) is 2.98. The van der Waals surface area contributed by atoms with Crippen molar-refractivity contribution in [3.63, 3.8) is 0 Å². The number of oxime groups is 1. The third kappa shape index (κ3) is 5.31. The van der Waals surface area contributed by atoms with E-state index in [-0.39, 0.29) is 11.6 Å². The molecule has 0 aliphatic carbocycles. The lowest BCUT2D eigenvalue weighted by atomic mass is 9.90. The molecule has 1 heterocycles. The van der Waals surface area contributed by atoms with Gasteiger partial charge >= 0.3 is 0 Å². The highest BCUT2D eigenvalue weighted by atomic mass is 32.2. The van der Waals surface area contributed by atoms with Crippen LogP contribution in [0.1, 0.15) is 27.7 Å². The van der Waals surface area contributed by atoms with Gasteiger partial charge in [0.2, 0.25) is 0 Å². The molecule has 0 spiro atoms. The van der Waals surface area contributed by atoms with Crippen LogP contribution in [0.2, 0.25) is 5.04 Å². The molecule has 4 atom stereocenters. The predicted molar refractivity (Wildman–Crippen MR) is 140 cm³/mol. The van der Waals surface area contributed by atoms with Crippen LogP contribution < -0.4 is 10.4 Å². The molecule has 184 valence electrons. The number of rotatable bonds is 9. The van der Waals surface area contributed by atoms with Gasteiger partial charge in [0.15, 0.2) is 0 Å². The Hall–Kier alpha value is -1.98. The molecule has 34 heavy (non-hydrogen) atoms. The summed E-state index contributed by atoms with van der Waals surface area (Å²) in [7, 11) is -5.05. The van der Waals surface area contributed by atoms with Gasteiger partial charge in [-0.1, -0.05) is 81.4 Å². The SMILES string of the molecule is B[C@@H]1O[C@@](C)(CON=C)[C@@H](O[Si](c2ccccc2)(c2ccccc2)C(C)(C)C)[C@@H]1OS(C)(=O)=O. The molecule has 10 heteroatoms. The second-order valence-electron chi connectivity index (χ2n) is 10.0. The minimum absolute atomic E-state index is 0.0351. The van der Waals surface area contributed by atoms with E-state index in [4.69, 9.17) is 18.2 Å². The summed E-state index contributed by atoms with van der Waals surface area (Å²) in [6.45, 7) is 11.7. The first-order valence-electron chi connectivity index (χ1n) is 11.3. The van der Waals surface area contributed by atoms with Gasteiger partial charge in [-0.25, -0.2) is 0 Å². The molecular weight excluding hydrogens is 469 g/mol. The molecule has 2 aromatic rings. The summed E-state index contributed by atoms with van der Waals surface area (Å²) in [5, 5.41) is 5.34. The quantitative estimate of drug-likeness (QED) is 0.224. The van der Waals surface area contributed by atoms with Gasteiger partial charge < -0.3 is 14.0 Å². The molecule has 0 radical (unpaired) electrons. The van der Waals surface area contributed by atoms with Crippen LogP contribution in [0.15, 0.2) is 65.8 Å². The first-order valence-corrected chi connectivity index (χ1v) is 15.0. The van der Waals surface area contributed by atoms with Crippen molar-refractivity contribution in [3.8, 4) is 0 Å². The van der Waals surface area contributed by atoms with Gasteiger partial charge in [0, 0.05) is 6.72 Å². The van der Waals surface area contributed by atoms with Crippen molar-refractivity contribution < 1.29 is 26.6 Å². The summed E-state index contributed by atoms with van der Waals surface area (Å²) < 4.78 is 43.5. The molecular formula is C24H34BNO6SSi. The second-order valence-corrected chi connectivity index (χ2v) is 15.9. The topological polar surface area (TPSA) is 83.4 Å². The molecule has 3 rings (SSSR count). The molecule has 1 aliphatic rings. The summed E-state index contributed by atoms with van der Waals surface area (Å²) in [5.41, 5.74) is -1.02. The molecule has 1 aliphatic heterocycles. The van der Waals surface area contributed by atoms with E-state index in [9.17, 15) is 8.42 Å². The number of nitrogens with zero attached hydrogens (tertiary/aromatic N) is 1. The molecule has 0 N–H and O–H groups in total. The van der Waals surface area contributed by atoms with E-state index < -0.39 is 42.2 Å². The first-order chi connectivity index (χ1) is 15.8. The summed E-state index contributed by atoms with van der Waals surface area (Å²) >= 11 is 0. The highest BCUT2D eigenvalue weighted by Crippen LogP contribution is 2.43. The lowest BCUT2D eigenvalue weighted by molar-refractivity contribution is -0.0981. The molecule has 1 fully saturated rings. The third-order valence-corrected chi connectivity index (χ3v) is 11.9. The fraction of sp³-hybridized carbons (Fsp3) is 0.458. The smallest absolute Gasteiger partial charge is 0.264 e. The molecule has 0 aromatic heterocycles. The number of benzene rings is 2. The van der Waals surface area contributed by atoms with Crippen molar-refractivity contribution in [2.24, 2.45) is 5.16 Å². The second kappa shape index (κ2) is 9.95. The summed E-state index contributed by atoms with van der Waals surface area (Å²) in [6, 6.07) is 19.7. The predicted octanol–water partition coefficient (Wildman–Crippen LogP) is 1.66. The molecule has 0 saturated carbocycles. The Morgan fingerprint density at radius 3 is 2.00 bits per heavy atom. The van der Waals surface area contributed by atoms with Crippen LogP contribution in [-0.4, -0.2) is 68.0 Å². The van der Waals surface area contributed by atoms with Gasteiger partial charge in [0.25, 0.3) is 18.4 Å². The van der Waals surface area contributed by atoms with Crippen molar-refractivity contribution in [1.29, 1.82) is 0 Å². The van der Waals surface area contributed by atoms with E-state index in [0.29, 0.717) is 0 Å². The van der Waals surface area contributed by atoms with E-state index in [1.807, 2.05) is 43.3 Å². The van der Waals surface area contributed by atoms with E-state index in [0.717, 1.165) is 16.6 Å². The van der Waals surface area contributed by atoms with Crippen molar-refractivity contribution in [2.45, 2.75) is 56.5 Å². The maximum absolute atomic E-state index is 12.2. The zero-order valence-electron chi connectivity index (χ0n) is 20.7. The number of ether oxygens (including phenoxy) is 1. The Balaban J connectivity index is 2.25. The average molecular weight is 504 g/mol. The van der Waals surface area contributed by atoms with Crippen LogP contribution >= 0.6 is 0 Å². The Kier molecular flexibility index (Phi) is 7.79. The fourth-order valence-electron chi connectivity index (χ4n) is 4.85. The van der Waals surface area contributed by atoms with Crippen molar-refractivity contribution in [1.82, 2.24) is 0 Å². The lowest BCUT2D eigenvalue weighted by Crippen LogP contribution is -2.70. The molecule has 0 unspecified atom stereocenters. The highest BCUT2D eigenvalue weighted by molar-refractivity contribution is 7.86. The maximum atomic E-state index is 12.2. The van der Waals surface area contributed by atoms with Crippen molar-refractivity contribution in [3.05, 3.63) is 60.7 Å². The lowest BCUT2D eigenvalue weighted by Gasteiger charge is -2.47. The Labute approximate surface area is 205 Å². The van der Waals surface area contributed by atoms with Crippen LogP contribution in [0.4, 0.5) is 0 Å². The van der Waals surface area contributed by atoms with E-state index >= 15 is 0 Å². The van der Waals surface area contributed by atoms with Gasteiger partial charge in [0.1, 0.15) is 32.3 Å². The first kappa shape index (κ1) is 26.6. The molecule has 0 bridgehead atoms. The van der Waals surface area contributed by atoms with Gasteiger partial charge in [0.05, 0.1) is 12.3 Å². The Morgan fingerprint density at radius 2 is 1.59 bits per heavy atom. The van der Waals surface area contributed by atoms with E-state index in [1.54, 1.807) is 7.85 Å². The number of hydrogen-bond acceptors (Lipinski definition) is 7. The van der Waals surface area contributed by atoms with E-state index in [2.05, 4.69) is 56.9 Å². The zero-order chi connectivity index (χ0) is 25.2. The standard InChI is InChI=1S/C24H34BNO6SSi/c1-23(2,3)34(18-13-9-7-10-14-18,19-15-11-8-12-16-19)32-21-20(31-33(6,27)28)22(25)30-24(21,4)17-29-26-5/h7-16,20-22H,5,17,25H2,1-4,6H3/t20-,21-,22+,24-/m0/s1. The highest BCUT2D eigenvalue weighted by Gasteiger charge is 2.60. The van der Waals surface area contributed by atoms with Crippen molar-refractivity contribution >= 4 is 43.4 Å². The Bertz CT molecular complexity index is 1040. The fourth-order valence-corrected chi connectivity index (χ4v) is 10.3. The van der Waals surface area contributed by atoms with Gasteiger partial charge in [-0.3, -0.25) is 4.18 Å². The largest absolute Gasteiger partial charge is 0.399 e. The van der Waals surface area contributed by atoms with Crippen LogP contribution in [0.3, 0.4) is 0 Å². The minimum atomic E-state index is -3.79. The molecule has 2 aromatic carbocycles. The molecule has 0 amide bonds. The monoisotopic (exact) mass is 503 g/mol. The van der Waals surface area contributed by atoms with Gasteiger partial charge in [-0.15, -0.1) is 5.16 Å². The zero-order valence-corrected chi connectivity index (χ0v) is 22.5. The van der Waals surface area contributed by atoms with Crippen LogP contribution in [0.25, 0.3) is 0 Å².